The molecule has 0 saturated heterocycles. The van der Waals surface area contributed by atoms with Crippen LogP contribution in [0.15, 0.2) is 59.2 Å². The van der Waals surface area contributed by atoms with Crippen molar-refractivity contribution in [1.82, 2.24) is 25.6 Å². The summed E-state index contributed by atoms with van der Waals surface area (Å²) in [7, 11) is 0. The van der Waals surface area contributed by atoms with Crippen molar-refractivity contribution in [3.8, 4) is 11.5 Å². The van der Waals surface area contributed by atoms with E-state index >= 15 is 0 Å². The second-order valence-corrected chi connectivity index (χ2v) is 6.03. The third-order valence-corrected chi connectivity index (χ3v) is 3.97. The highest BCUT2D eigenvalue weighted by atomic mass is 16.6. The van der Waals surface area contributed by atoms with Crippen LogP contribution < -0.4 is 10.6 Å². The lowest BCUT2D eigenvalue weighted by molar-refractivity contribution is -0.115. The Kier molecular flexibility index (Phi) is 5.14. The van der Waals surface area contributed by atoms with Crippen LogP contribution in [0.1, 0.15) is 5.56 Å². The number of anilines is 1. The van der Waals surface area contributed by atoms with Gasteiger partial charge in [0, 0.05) is 0 Å². The van der Waals surface area contributed by atoms with Crippen LogP contribution >= 0.6 is 0 Å². The molecule has 0 aliphatic heterocycles. The summed E-state index contributed by atoms with van der Waals surface area (Å²) < 4.78 is 9.77. The molecule has 2 amide bonds. The first-order valence-corrected chi connectivity index (χ1v) is 8.71. The van der Waals surface area contributed by atoms with Crippen LogP contribution in [0.3, 0.4) is 0 Å². The zero-order chi connectivity index (χ0) is 20.1. The van der Waals surface area contributed by atoms with E-state index in [1.165, 1.54) is 0 Å². The third-order valence-electron chi connectivity index (χ3n) is 3.97. The zero-order valence-electron chi connectivity index (χ0n) is 15.1. The normalized spacial score (nSPS) is 10.6. The lowest BCUT2D eigenvalue weighted by Crippen LogP contribution is -2.33. The largest absolute Gasteiger partial charge is 0.445 e. The van der Waals surface area contributed by atoms with Crippen LogP contribution in [0.4, 0.5) is 10.6 Å². The summed E-state index contributed by atoms with van der Waals surface area (Å²) in [5, 5.41) is 12.4. The second-order valence-electron chi connectivity index (χ2n) is 6.03. The van der Waals surface area contributed by atoms with Gasteiger partial charge >= 0.3 is 6.09 Å². The minimum atomic E-state index is -0.709. The highest BCUT2D eigenvalue weighted by Crippen LogP contribution is 2.24. The molecule has 29 heavy (non-hydrogen) atoms. The molecule has 2 heterocycles. The second kappa shape index (κ2) is 8.21. The molecule has 0 radical (unpaired) electrons. The van der Waals surface area contributed by atoms with E-state index in [1.807, 2.05) is 54.6 Å². The summed E-state index contributed by atoms with van der Waals surface area (Å²) in [6.07, 6.45) is -0.709. The van der Waals surface area contributed by atoms with Crippen LogP contribution in [0.25, 0.3) is 22.6 Å². The fourth-order valence-electron chi connectivity index (χ4n) is 2.59. The Morgan fingerprint density at radius 2 is 1.83 bits per heavy atom. The van der Waals surface area contributed by atoms with Gasteiger partial charge in [-0.2, -0.15) is 0 Å². The summed E-state index contributed by atoms with van der Waals surface area (Å²) in [4.78, 5) is 31.3. The van der Waals surface area contributed by atoms with Gasteiger partial charge < -0.3 is 20.4 Å². The molecule has 0 atom stereocenters. The Morgan fingerprint density at radius 1 is 1.03 bits per heavy atom. The Hall–Kier alpha value is -4.21. The summed E-state index contributed by atoms with van der Waals surface area (Å²) in [6, 6.07) is 16.6. The van der Waals surface area contributed by atoms with Crippen LogP contribution in [-0.2, 0) is 16.1 Å². The van der Waals surface area contributed by atoms with E-state index in [0.29, 0.717) is 5.82 Å². The molecule has 3 N–H and O–H groups in total. The minimum absolute atomic E-state index is 0.0912. The predicted octanol–water partition coefficient (Wildman–Crippen LogP) is 2.48. The first-order chi connectivity index (χ1) is 14.2. The Morgan fingerprint density at radius 3 is 2.66 bits per heavy atom. The van der Waals surface area contributed by atoms with Crippen molar-refractivity contribution in [2.45, 2.75) is 6.61 Å². The van der Waals surface area contributed by atoms with Gasteiger partial charge in [-0.15, -0.1) is 0 Å². The van der Waals surface area contributed by atoms with Gasteiger partial charge in [0.05, 0.1) is 11.0 Å². The summed E-state index contributed by atoms with van der Waals surface area (Å²) in [5.41, 5.74) is 2.65. The van der Waals surface area contributed by atoms with Gasteiger partial charge in [-0.25, -0.2) is 14.4 Å². The van der Waals surface area contributed by atoms with E-state index in [2.05, 4.69) is 30.9 Å². The first kappa shape index (κ1) is 18.2. The van der Waals surface area contributed by atoms with Gasteiger partial charge in [0.1, 0.15) is 13.2 Å². The Balaban J connectivity index is 1.32. The molecule has 0 unspecified atom stereocenters. The Bertz CT molecular complexity index is 1100. The monoisotopic (exact) mass is 392 g/mol. The number of hydrogen-bond acceptors (Lipinski definition) is 7. The predicted molar refractivity (Wildman–Crippen MR) is 103 cm³/mol. The number of rotatable bonds is 6. The molecule has 0 aliphatic carbocycles. The molecule has 0 aliphatic rings. The number of nitrogens with one attached hydrogen (secondary N) is 3. The molecule has 2 aromatic heterocycles. The first-order valence-electron chi connectivity index (χ1n) is 8.71. The highest BCUT2D eigenvalue weighted by molar-refractivity contribution is 5.95. The highest BCUT2D eigenvalue weighted by Gasteiger charge is 2.18. The maximum absolute atomic E-state index is 12.1. The molecule has 0 bridgehead atoms. The molecule has 2 aromatic carbocycles. The number of aromatic amines is 1. The van der Waals surface area contributed by atoms with E-state index in [4.69, 9.17) is 9.37 Å². The number of carbonyl (C=O) groups is 2. The van der Waals surface area contributed by atoms with Crippen LogP contribution in [0.2, 0.25) is 0 Å². The van der Waals surface area contributed by atoms with E-state index in [1.54, 1.807) is 0 Å². The van der Waals surface area contributed by atoms with Crippen molar-refractivity contribution in [2.75, 3.05) is 11.9 Å². The van der Waals surface area contributed by atoms with Gasteiger partial charge in [-0.05, 0) is 28.0 Å². The number of aromatic nitrogens is 4. The maximum Gasteiger partial charge on any atom is 0.407 e. The molecule has 0 fully saturated rings. The lowest BCUT2D eigenvalue weighted by atomic mass is 10.2. The van der Waals surface area contributed by atoms with Crippen molar-refractivity contribution in [3.63, 3.8) is 0 Å². The molecular formula is C19H16N6O4. The number of fused-ring (bicyclic) bond motifs is 1. The van der Waals surface area contributed by atoms with Crippen LogP contribution in [-0.4, -0.2) is 38.8 Å². The fourth-order valence-corrected chi connectivity index (χ4v) is 2.59. The van der Waals surface area contributed by atoms with E-state index in [-0.39, 0.29) is 24.7 Å². The summed E-state index contributed by atoms with van der Waals surface area (Å²) in [5.74, 6) is -0.0267. The van der Waals surface area contributed by atoms with E-state index in [9.17, 15) is 9.59 Å². The fraction of sp³-hybridized carbons (Fsp3) is 0.105. The minimum Gasteiger partial charge on any atom is -0.445 e. The zero-order valence-corrected chi connectivity index (χ0v) is 15.1. The topological polar surface area (TPSA) is 135 Å². The van der Waals surface area contributed by atoms with Crippen LogP contribution in [0, 0.1) is 0 Å². The number of amides is 2. The third kappa shape index (κ3) is 4.38. The number of nitrogens with zero attached hydrogens (tertiary/aromatic N) is 3. The quantitative estimate of drug-likeness (QED) is 0.459. The van der Waals surface area contributed by atoms with Gasteiger partial charge in [0.2, 0.25) is 11.7 Å². The molecule has 0 spiro atoms. The van der Waals surface area contributed by atoms with E-state index in [0.717, 1.165) is 16.6 Å². The smallest absolute Gasteiger partial charge is 0.407 e. The number of para-hydroxylation sites is 2. The number of H-pyrrole nitrogens is 1. The summed E-state index contributed by atoms with van der Waals surface area (Å²) >= 11 is 0. The molecule has 4 aromatic rings. The molecular weight excluding hydrogens is 376 g/mol. The van der Waals surface area contributed by atoms with Gasteiger partial charge in [-0.3, -0.25) is 4.79 Å². The van der Waals surface area contributed by atoms with Gasteiger partial charge in [-0.1, -0.05) is 42.5 Å². The Labute approximate surface area is 164 Å². The van der Waals surface area contributed by atoms with Gasteiger partial charge in [0.25, 0.3) is 0 Å². The number of benzene rings is 2. The molecule has 4 rings (SSSR count). The van der Waals surface area contributed by atoms with Crippen molar-refractivity contribution in [1.29, 1.82) is 0 Å². The van der Waals surface area contributed by atoms with Crippen molar-refractivity contribution < 1.29 is 19.0 Å². The molecule has 146 valence electrons. The number of hydrogen-bond donors (Lipinski definition) is 3. The average molecular weight is 392 g/mol. The number of ether oxygens (including phenoxy) is 1. The number of carbonyl (C=O) groups excluding carboxylic acids is 2. The number of imidazole rings is 1. The van der Waals surface area contributed by atoms with Crippen LogP contribution in [0.5, 0.6) is 0 Å². The number of alkyl carbamates (subject to hydrolysis) is 1. The lowest BCUT2D eigenvalue weighted by Gasteiger charge is -2.07. The molecule has 10 nitrogen and oxygen atoms in total. The van der Waals surface area contributed by atoms with Gasteiger partial charge in [0.15, 0.2) is 11.5 Å². The van der Waals surface area contributed by atoms with Crippen molar-refractivity contribution >= 4 is 28.9 Å². The summed E-state index contributed by atoms with van der Waals surface area (Å²) in [6.45, 7) is -0.197. The SMILES string of the molecule is O=C(CNC(=O)OCc1ccccc1)Nc1nonc1-c1nc2ccccc2[nH]1. The standard InChI is InChI=1S/C19H16N6O4/c26-15(10-20-19(27)28-11-12-6-2-1-3-7-12)23-18-16(24-29-25-18)17-21-13-8-4-5-9-14(13)22-17/h1-9H,10-11H2,(H,20,27)(H,21,22)(H,23,25,26). The molecule has 10 heteroatoms. The maximum atomic E-state index is 12.1. The van der Waals surface area contributed by atoms with Crippen molar-refractivity contribution in [3.05, 3.63) is 60.2 Å². The van der Waals surface area contributed by atoms with E-state index < -0.39 is 12.0 Å². The molecule has 0 saturated carbocycles. The average Bonchev–Trinajstić information content (AvgIpc) is 3.37. The van der Waals surface area contributed by atoms with Crippen molar-refractivity contribution in [2.24, 2.45) is 0 Å².